The minimum Gasteiger partial charge on any atom is -0.496 e. The first-order valence-corrected chi connectivity index (χ1v) is 12.5. The highest BCUT2D eigenvalue weighted by molar-refractivity contribution is 7.89. The molecule has 4 N–H and O–H groups in total. The molecule has 0 saturated heterocycles. The molecule has 3 aromatic carbocycles. The number of nitrogen functional groups attached to an aromatic ring is 1. The van der Waals surface area contributed by atoms with Crippen LogP contribution in [0, 0.1) is 0 Å². The molecule has 184 valence electrons. The lowest BCUT2D eigenvalue weighted by atomic mass is 10.1. The molecule has 3 aromatic rings. The first-order chi connectivity index (χ1) is 16.9. The van der Waals surface area contributed by atoms with Gasteiger partial charge in [-0.1, -0.05) is 60.7 Å². The molecule has 0 bridgehead atoms. The maximum atomic E-state index is 12.7. The van der Waals surface area contributed by atoms with Gasteiger partial charge in [0.1, 0.15) is 5.75 Å². The summed E-state index contributed by atoms with van der Waals surface area (Å²) in [5.74, 6) is 0.730. The number of anilines is 1. The Bertz CT molecular complexity index is 1260. The van der Waals surface area contributed by atoms with Gasteiger partial charge in [-0.25, -0.2) is 8.42 Å². The number of aliphatic hydroxyl groups excluding tert-OH is 2. The van der Waals surface area contributed by atoms with Gasteiger partial charge in [0.2, 0.25) is 10.0 Å². The minimum absolute atomic E-state index is 0.0719. The second kappa shape index (κ2) is 12.3. The van der Waals surface area contributed by atoms with E-state index in [1.54, 1.807) is 19.2 Å². The Kier molecular flexibility index (Phi) is 9.22. The third-order valence-corrected chi connectivity index (χ3v) is 7.25. The SMILES string of the molecule is COc1cc(/C=C/c2ccc(S(=O)(=O)N(CCO)CCO)cc2)ccc1/C=C/c1ccc(N)cc1. The number of rotatable bonds is 11. The third-order valence-electron chi connectivity index (χ3n) is 5.33. The second-order valence-electron chi connectivity index (χ2n) is 7.76. The average Bonchev–Trinajstić information content (AvgIpc) is 2.87. The zero-order valence-corrected chi connectivity index (χ0v) is 20.4. The van der Waals surface area contributed by atoms with Crippen molar-refractivity contribution >= 4 is 40.0 Å². The molecule has 0 aromatic heterocycles. The van der Waals surface area contributed by atoms with Crippen molar-refractivity contribution in [3.05, 3.63) is 89.0 Å². The van der Waals surface area contributed by atoms with E-state index < -0.39 is 10.0 Å². The summed E-state index contributed by atoms with van der Waals surface area (Å²) in [6, 6.07) is 19.9. The molecular formula is C27H30N2O5S. The highest BCUT2D eigenvalue weighted by Gasteiger charge is 2.23. The van der Waals surface area contributed by atoms with Gasteiger partial charge in [-0.3, -0.25) is 0 Å². The second-order valence-corrected chi connectivity index (χ2v) is 9.69. The fraction of sp³-hybridized carbons (Fsp3) is 0.185. The molecule has 0 aliphatic carbocycles. The van der Waals surface area contributed by atoms with Crippen LogP contribution in [0.15, 0.2) is 71.6 Å². The number of nitrogens with two attached hydrogens (primary N) is 1. The first kappa shape index (κ1) is 26.2. The van der Waals surface area contributed by atoms with Crippen LogP contribution in [0.25, 0.3) is 24.3 Å². The molecule has 35 heavy (non-hydrogen) atoms. The molecule has 0 radical (unpaired) electrons. The summed E-state index contributed by atoms with van der Waals surface area (Å²) in [6.45, 7) is -0.784. The Balaban J connectivity index is 1.74. The van der Waals surface area contributed by atoms with Gasteiger partial charge in [0.15, 0.2) is 0 Å². The fourth-order valence-electron chi connectivity index (χ4n) is 3.43. The van der Waals surface area contributed by atoms with E-state index in [1.165, 1.54) is 12.1 Å². The van der Waals surface area contributed by atoms with E-state index in [1.807, 2.05) is 66.8 Å². The molecule has 7 nitrogen and oxygen atoms in total. The highest BCUT2D eigenvalue weighted by Crippen LogP contribution is 2.24. The zero-order valence-electron chi connectivity index (χ0n) is 19.5. The molecule has 0 aliphatic rings. The van der Waals surface area contributed by atoms with Crippen LogP contribution in [0.4, 0.5) is 5.69 Å². The number of methoxy groups -OCH3 is 1. The largest absolute Gasteiger partial charge is 0.496 e. The molecule has 0 atom stereocenters. The summed E-state index contributed by atoms with van der Waals surface area (Å²) in [5.41, 5.74) is 10.2. The summed E-state index contributed by atoms with van der Waals surface area (Å²) in [4.78, 5) is 0.107. The molecule has 0 saturated carbocycles. The fourth-order valence-corrected chi connectivity index (χ4v) is 4.85. The normalized spacial score (nSPS) is 12.1. The molecule has 0 aliphatic heterocycles. The standard InChI is InChI=1S/C27H30N2O5S/c1-34-27-20-23(5-11-24(27)10-4-22-6-12-25(28)13-7-22)3-2-21-8-14-26(15-9-21)35(32,33)29(16-18-30)17-19-31/h2-15,20,30-31H,16-19,28H2,1H3/b3-2+,10-4+. The molecule has 8 heteroatoms. The number of sulfonamides is 1. The Hall–Kier alpha value is -3.43. The van der Waals surface area contributed by atoms with Gasteiger partial charge in [0, 0.05) is 24.3 Å². The quantitative estimate of drug-likeness (QED) is 0.277. The van der Waals surface area contributed by atoms with Crippen LogP contribution < -0.4 is 10.5 Å². The van der Waals surface area contributed by atoms with Gasteiger partial charge >= 0.3 is 0 Å². The summed E-state index contributed by atoms with van der Waals surface area (Å²) >= 11 is 0. The lowest BCUT2D eigenvalue weighted by molar-refractivity contribution is 0.217. The minimum atomic E-state index is -3.79. The van der Waals surface area contributed by atoms with Crippen LogP contribution in [-0.4, -0.2) is 56.3 Å². The lowest BCUT2D eigenvalue weighted by Gasteiger charge is -2.20. The lowest BCUT2D eigenvalue weighted by Crippen LogP contribution is -2.35. The molecule has 0 spiro atoms. The van der Waals surface area contributed by atoms with Gasteiger partial charge in [0.05, 0.1) is 25.2 Å². The zero-order chi connectivity index (χ0) is 25.3. The Morgan fingerprint density at radius 2 is 1.31 bits per heavy atom. The van der Waals surface area contributed by atoms with Gasteiger partial charge in [-0.2, -0.15) is 4.31 Å². The molecule has 0 amide bonds. The predicted octanol–water partition coefficient (Wildman–Crippen LogP) is 3.59. The van der Waals surface area contributed by atoms with E-state index >= 15 is 0 Å². The number of benzene rings is 3. The van der Waals surface area contributed by atoms with Gasteiger partial charge in [-0.05, 0) is 47.0 Å². The maximum absolute atomic E-state index is 12.7. The maximum Gasteiger partial charge on any atom is 0.243 e. The number of aliphatic hydroxyl groups is 2. The van der Waals surface area contributed by atoms with Crippen molar-refractivity contribution in [2.75, 3.05) is 39.1 Å². The van der Waals surface area contributed by atoms with E-state index in [9.17, 15) is 8.42 Å². The van der Waals surface area contributed by atoms with Crippen LogP contribution >= 0.6 is 0 Å². The predicted molar refractivity (Wildman–Crippen MR) is 141 cm³/mol. The van der Waals surface area contributed by atoms with E-state index in [4.69, 9.17) is 20.7 Å². The van der Waals surface area contributed by atoms with Gasteiger partial charge in [-0.15, -0.1) is 0 Å². The molecule has 0 unspecified atom stereocenters. The van der Waals surface area contributed by atoms with Crippen molar-refractivity contribution in [2.24, 2.45) is 0 Å². The van der Waals surface area contributed by atoms with Crippen LogP contribution in [0.5, 0.6) is 5.75 Å². The molecular weight excluding hydrogens is 464 g/mol. The number of hydrogen-bond acceptors (Lipinski definition) is 6. The van der Waals surface area contributed by atoms with E-state index in [2.05, 4.69) is 0 Å². The van der Waals surface area contributed by atoms with Crippen molar-refractivity contribution < 1.29 is 23.4 Å². The van der Waals surface area contributed by atoms with Crippen molar-refractivity contribution in [2.45, 2.75) is 4.90 Å². The van der Waals surface area contributed by atoms with Crippen molar-refractivity contribution in [1.82, 2.24) is 4.31 Å². The van der Waals surface area contributed by atoms with Gasteiger partial charge in [0.25, 0.3) is 0 Å². The smallest absolute Gasteiger partial charge is 0.243 e. The summed E-state index contributed by atoms with van der Waals surface area (Å²) in [6.07, 6.45) is 7.77. The van der Waals surface area contributed by atoms with Crippen molar-refractivity contribution in [1.29, 1.82) is 0 Å². The Labute approximate surface area is 206 Å². The van der Waals surface area contributed by atoms with E-state index in [0.717, 1.165) is 38.0 Å². The first-order valence-electron chi connectivity index (χ1n) is 11.1. The van der Waals surface area contributed by atoms with Crippen LogP contribution in [0.2, 0.25) is 0 Å². The summed E-state index contributed by atoms with van der Waals surface area (Å²) in [7, 11) is -2.17. The van der Waals surface area contributed by atoms with Crippen molar-refractivity contribution in [3.8, 4) is 5.75 Å². The number of ether oxygens (including phenoxy) is 1. The molecule has 0 fully saturated rings. The highest BCUT2D eigenvalue weighted by atomic mass is 32.2. The summed E-state index contributed by atoms with van der Waals surface area (Å²) in [5, 5.41) is 18.3. The number of hydrogen-bond donors (Lipinski definition) is 3. The Morgan fingerprint density at radius 3 is 1.89 bits per heavy atom. The summed E-state index contributed by atoms with van der Waals surface area (Å²) < 4.78 is 32.1. The van der Waals surface area contributed by atoms with Gasteiger partial charge < -0.3 is 20.7 Å². The monoisotopic (exact) mass is 494 g/mol. The topological polar surface area (TPSA) is 113 Å². The average molecular weight is 495 g/mol. The van der Waals surface area contributed by atoms with Crippen LogP contribution in [0.3, 0.4) is 0 Å². The Morgan fingerprint density at radius 1 is 0.800 bits per heavy atom. The number of nitrogens with zero attached hydrogens (tertiary/aromatic N) is 1. The van der Waals surface area contributed by atoms with Crippen LogP contribution in [0.1, 0.15) is 22.3 Å². The molecule has 0 heterocycles. The molecule has 3 rings (SSSR count). The van der Waals surface area contributed by atoms with Crippen LogP contribution in [-0.2, 0) is 10.0 Å². The third kappa shape index (κ3) is 7.03. The van der Waals surface area contributed by atoms with E-state index in [0.29, 0.717) is 0 Å². The van der Waals surface area contributed by atoms with E-state index in [-0.39, 0.29) is 31.2 Å². The van der Waals surface area contributed by atoms with Crippen molar-refractivity contribution in [3.63, 3.8) is 0 Å².